The molecule has 0 bridgehead atoms. The standard InChI is InChI=1S/C12H14O/c1-2-13-12-8-7-10-5-3-4-6-11(10)9-12/h3-6,8H,2,7,9H2,1H3. The van der Waals surface area contributed by atoms with E-state index in [9.17, 15) is 0 Å². The van der Waals surface area contributed by atoms with Crippen molar-refractivity contribution in [2.24, 2.45) is 0 Å². The van der Waals surface area contributed by atoms with Crippen molar-refractivity contribution in [1.29, 1.82) is 0 Å². The van der Waals surface area contributed by atoms with Crippen LogP contribution in [-0.4, -0.2) is 6.61 Å². The molecule has 0 heterocycles. The summed E-state index contributed by atoms with van der Waals surface area (Å²) in [5.41, 5.74) is 2.85. The minimum Gasteiger partial charge on any atom is -0.498 e. The first-order chi connectivity index (χ1) is 6.40. The zero-order valence-electron chi connectivity index (χ0n) is 7.92. The minimum atomic E-state index is 0.772. The Kier molecular flexibility index (Phi) is 2.35. The zero-order valence-corrected chi connectivity index (χ0v) is 7.92. The van der Waals surface area contributed by atoms with Crippen LogP contribution in [0.1, 0.15) is 18.1 Å². The summed E-state index contributed by atoms with van der Waals surface area (Å²) in [7, 11) is 0. The van der Waals surface area contributed by atoms with Crippen LogP contribution >= 0.6 is 0 Å². The summed E-state index contributed by atoms with van der Waals surface area (Å²) in [6.07, 6.45) is 4.17. The monoisotopic (exact) mass is 174 g/mol. The van der Waals surface area contributed by atoms with Gasteiger partial charge in [0.2, 0.25) is 0 Å². The fourth-order valence-electron chi connectivity index (χ4n) is 1.71. The van der Waals surface area contributed by atoms with Gasteiger partial charge >= 0.3 is 0 Å². The third-order valence-corrected chi connectivity index (χ3v) is 2.36. The van der Waals surface area contributed by atoms with E-state index in [4.69, 9.17) is 4.74 Å². The van der Waals surface area contributed by atoms with Crippen LogP contribution in [0.5, 0.6) is 0 Å². The Labute approximate surface area is 79.0 Å². The highest BCUT2D eigenvalue weighted by Crippen LogP contribution is 2.20. The van der Waals surface area contributed by atoms with Gasteiger partial charge in [0.05, 0.1) is 12.4 Å². The zero-order chi connectivity index (χ0) is 9.10. The van der Waals surface area contributed by atoms with E-state index in [0.29, 0.717) is 0 Å². The van der Waals surface area contributed by atoms with Gasteiger partial charge in [0.1, 0.15) is 0 Å². The average Bonchev–Trinajstić information content (AvgIpc) is 2.18. The van der Waals surface area contributed by atoms with Gasteiger partial charge in [-0.15, -0.1) is 0 Å². The SMILES string of the molecule is CCOC1=CCc2ccccc2C1. The summed E-state index contributed by atoms with van der Waals surface area (Å²) in [5.74, 6) is 1.13. The van der Waals surface area contributed by atoms with Gasteiger partial charge in [0.15, 0.2) is 0 Å². The third kappa shape index (κ3) is 1.74. The van der Waals surface area contributed by atoms with E-state index in [2.05, 4.69) is 30.3 Å². The molecule has 0 amide bonds. The number of allylic oxidation sites excluding steroid dienone is 2. The van der Waals surface area contributed by atoms with Crippen LogP contribution in [0.2, 0.25) is 0 Å². The quantitative estimate of drug-likeness (QED) is 0.669. The van der Waals surface area contributed by atoms with Gasteiger partial charge in [-0.1, -0.05) is 24.3 Å². The van der Waals surface area contributed by atoms with E-state index in [1.54, 1.807) is 0 Å². The Hall–Kier alpha value is -1.24. The lowest BCUT2D eigenvalue weighted by atomic mass is 9.96. The molecule has 1 aliphatic carbocycles. The molecule has 0 N–H and O–H groups in total. The van der Waals surface area contributed by atoms with Crippen LogP contribution in [0.4, 0.5) is 0 Å². The maximum absolute atomic E-state index is 5.50. The number of benzene rings is 1. The summed E-state index contributed by atoms with van der Waals surface area (Å²) >= 11 is 0. The molecule has 1 nitrogen and oxygen atoms in total. The molecule has 68 valence electrons. The second-order valence-electron chi connectivity index (χ2n) is 3.25. The molecule has 0 aromatic heterocycles. The molecule has 0 fully saturated rings. The predicted molar refractivity (Wildman–Crippen MR) is 53.6 cm³/mol. The number of hydrogen-bond acceptors (Lipinski definition) is 1. The second kappa shape index (κ2) is 3.65. The summed E-state index contributed by atoms with van der Waals surface area (Å²) < 4.78 is 5.50. The number of hydrogen-bond donors (Lipinski definition) is 0. The number of fused-ring (bicyclic) bond motifs is 1. The summed E-state index contributed by atoms with van der Waals surface area (Å²) in [6, 6.07) is 8.56. The van der Waals surface area contributed by atoms with Crippen molar-refractivity contribution in [3.63, 3.8) is 0 Å². The Morgan fingerprint density at radius 2 is 2.00 bits per heavy atom. The maximum atomic E-state index is 5.50. The van der Waals surface area contributed by atoms with Gasteiger partial charge in [-0.05, 0) is 30.5 Å². The van der Waals surface area contributed by atoms with Crippen molar-refractivity contribution < 1.29 is 4.74 Å². The summed E-state index contributed by atoms with van der Waals surface area (Å²) in [5, 5.41) is 0. The van der Waals surface area contributed by atoms with E-state index in [1.165, 1.54) is 11.1 Å². The van der Waals surface area contributed by atoms with Crippen LogP contribution in [0, 0.1) is 0 Å². The summed E-state index contributed by atoms with van der Waals surface area (Å²) in [4.78, 5) is 0. The van der Waals surface area contributed by atoms with Gasteiger partial charge in [0.25, 0.3) is 0 Å². The molecule has 0 saturated heterocycles. The molecule has 0 atom stereocenters. The minimum absolute atomic E-state index is 0.772. The predicted octanol–water partition coefficient (Wildman–Crippen LogP) is 2.71. The van der Waals surface area contributed by atoms with E-state index in [-0.39, 0.29) is 0 Å². The van der Waals surface area contributed by atoms with Crippen LogP contribution in [0.15, 0.2) is 36.1 Å². The first-order valence-electron chi connectivity index (χ1n) is 4.78. The van der Waals surface area contributed by atoms with Crippen LogP contribution in [0.25, 0.3) is 0 Å². The molecule has 2 rings (SSSR count). The van der Waals surface area contributed by atoms with Gasteiger partial charge < -0.3 is 4.74 Å². The van der Waals surface area contributed by atoms with Gasteiger partial charge in [-0.2, -0.15) is 0 Å². The van der Waals surface area contributed by atoms with Crippen molar-refractivity contribution in [1.82, 2.24) is 0 Å². The average molecular weight is 174 g/mol. The van der Waals surface area contributed by atoms with Crippen molar-refractivity contribution in [3.05, 3.63) is 47.2 Å². The Morgan fingerprint density at radius 3 is 2.77 bits per heavy atom. The lowest BCUT2D eigenvalue weighted by Crippen LogP contribution is -2.05. The normalized spacial score (nSPS) is 14.7. The topological polar surface area (TPSA) is 9.23 Å². The fraction of sp³-hybridized carbons (Fsp3) is 0.333. The Balaban J connectivity index is 2.18. The van der Waals surface area contributed by atoms with Crippen molar-refractivity contribution in [3.8, 4) is 0 Å². The highest BCUT2D eigenvalue weighted by molar-refractivity contribution is 5.35. The molecule has 1 aromatic rings. The van der Waals surface area contributed by atoms with Crippen LogP contribution < -0.4 is 0 Å². The molecule has 0 spiro atoms. The first kappa shape index (κ1) is 8.36. The highest BCUT2D eigenvalue weighted by atomic mass is 16.5. The van der Waals surface area contributed by atoms with Gasteiger partial charge in [0, 0.05) is 6.42 Å². The van der Waals surface area contributed by atoms with Gasteiger partial charge in [-0.3, -0.25) is 0 Å². The lowest BCUT2D eigenvalue weighted by Gasteiger charge is -2.16. The molecule has 0 radical (unpaired) electrons. The van der Waals surface area contributed by atoms with Crippen LogP contribution in [-0.2, 0) is 17.6 Å². The highest BCUT2D eigenvalue weighted by Gasteiger charge is 2.09. The largest absolute Gasteiger partial charge is 0.498 e. The van der Waals surface area contributed by atoms with Crippen molar-refractivity contribution in [2.75, 3.05) is 6.61 Å². The lowest BCUT2D eigenvalue weighted by molar-refractivity contribution is 0.220. The third-order valence-electron chi connectivity index (χ3n) is 2.36. The maximum Gasteiger partial charge on any atom is 0.0967 e. The summed E-state index contributed by atoms with van der Waals surface area (Å²) in [6.45, 7) is 2.80. The molecule has 1 aliphatic rings. The van der Waals surface area contributed by atoms with E-state index < -0.39 is 0 Å². The van der Waals surface area contributed by atoms with Crippen LogP contribution in [0.3, 0.4) is 0 Å². The molecule has 0 unspecified atom stereocenters. The van der Waals surface area contributed by atoms with E-state index >= 15 is 0 Å². The molecule has 13 heavy (non-hydrogen) atoms. The molecule has 0 aliphatic heterocycles. The first-order valence-corrected chi connectivity index (χ1v) is 4.78. The molecule has 0 saturated carbocycles. The van der Waals surface area contributed by atoms with Gasteiger partial charge in [-0.25, -0.2) is 0 Å². The van der Waals surface area contributed by atoms with Crippen molar-refractivity contribution in [2.45, 2.75) is 19.8 Å². The molecule has 1 heteroatoms. The second-order valence-corrected chi connectivity index (χ2v) is 3.25. The molecular weight excluding hydrogens is 160 g/mol. The molecule has 1 aromatic carbocycles. The number of ether oxygens (including phenoxy) is 1. The Morgan fingerprint density at radius 1 is 1.23 bits per heavy atom. The Bertz CT molecular complexity index is 326. The van der Waals surface area contributed by atoms with Crippen molar-refractivity contribution >= 4 is 0 Å². The smallest absolute Gasteiger partial charge is 0.0967 e. The van der Waals surface area contributed by atoms with E-state index in [1.807, 2.05) is 6.92 Å². The van der Waals surface area contributed by atoms with E-state index in [0.717, 1.165) is 25.2 Å². The molecular formula is C12H14O. The fourth-order valence-corrected chi connectivity index (χ4v) is 1.71. The number of rotatable bonds is 2.